The van der Waals surface area contributed by atoms with E-state index in [1.54, 1.807) is 12.4 Å². The topological polar surface area (TPSA) is 78.9 Å². The molecule has 2 N–H and O–H groups in total. The fraction of sp³-hybridized carbons (Fsp3) is 0.250. The number of carboxylic acids is 1. The number of aromatic nitrogens is 3. The van der Waals surface area contributed by atoms with Gasteiger partial charge >= 0.3 is 5.97 Å². The minimum Gasteiger partial charge on any atom is -0.481 e. The van der Waals surface area contributed by atoms with Gasteiger partial charge in [-0.25, -0.2) is 4.98 Å². The Morgan fingerprint density at radius 1 is 1.41 bits per heavy atom. The summed E-state index contributed by atoms with van der Waals surface area (Å²) in [6.45, 7) is 0. The number of H-pyrrole nitrogens is 1. The molecule has 17 heavy (non-hydrogen) atoms. The molecule has 2 atom stereocenters. The lowest BCUT2D eigenvalue weighted by Gasteiger charge is -1.93. The largest absolute Gasteiger partial charge is 0.481 e. The molecule has 1 saturated carbocycles. The van der Waals surface area contributed by atoms with Crippen LogP contribution >= 0.6 is 0 Å². The minimum absolute atomic E-state index is 0.0324. The summed E-state index contributed by atoms with van der Waals surface area (Å²) in [6.07, 6.45) is 4.15. The van der Waals surface area contributed by atoms with Gasteiger partial charge in [0.25, 0.3) is 0 Å². The lowest BCUT2D eigenvalue weighted by Crippen LogP contribution is -1.99. The molecule has 1 fully saturated rings. The predicted octanol–water partition coefficient (Wildman–Crippen LogP) is 1.66. The molecule has 0 spiro atoms. The molecular formula is C12H11N3O2. The third-order valence-electron chi connectivity index (χ3n) is 2.98. The van der Waals surface area contributed by atoms with E-state index in [0.717, 1.165) is 17.2 Å². The van der Waals surface area contributed by atoms with Gasteiger partial charge in [0.1, 0.15) is 11.5 Å². The average Bonchev–Trinajstić information content (AvgIpc) is 3.01. The summed E-state index contributed by atoms with van der Waals surface area (Å²) in [5.41, 5.74) is 1.55. The van der Waals surface area contributed by atoms with E-state index in [1.807, 2.05) is 18.2 Å². The highest BCUT2D eigenvalue weighted by Gasteiger charge is 2.46. The molecule has 86 valence electrons. The second kappa shape index (κ2) is 3.69. The van der Waals surface area contributed by atoms with E-state index in [0.29, 0.717) is 6.42 Å². The van der Waals surface area contributed by atoms with E-state index in [4.69, 9.17) is 5.11 Å². The van der Waals surface area contributed by atoms with Crippen LogP contribution in [0.15, 0.2) is 30.6 Å². The lowest BCUT2D eigenvalue weighted by molar-refractivity contribution is -0.138. The molecule has 3 rings (SSSR count). The van der Waals surface area contributed by atoms with Gasteiger partial charge in [-0.3, -0.25) is 9.78 Å². The Hall–Kier alpha value is -2.17. The molecule has 1 aliphatic carbocycles. The van der Waals surface area contributed by atoms with Crippen molar-refractivity contribution in [3.63, 3.8) is 0 Å². The number of nitrogens with one attached hydrogen (secondary N) is 1. The zero-order valence-electron chi connectivity index (χ0n) is 9.00. The minimum atomic E-state index is -0.745. The number of aromatic amines is 1. The maximum absolute atomic E-state index is 10.8. The van der Waals surface area contributed by atoms with Crippen molar-refractivity contribution in [1.29, 1.82) is 0 Å². The summed E-state index contributed by atoms with van der Waals surface area (Å²) in [4.78, 5) is 22.4. The van der Waals surface area contributed by atoms with Crippen molar-refractivity contribution in [2.45, 2.75) is 12.3 Å². The molecular weight excluding hydrogens is 218 g/mol. The summed E-state index contributed by atoms with van der Waals surface area (Å²) in [6, 6.07) is 5.62. The van der Waals surface area contributed by atoms with E-state index in [-0.39, 0.29) is 11.8 Å². The molecule has 0 saturated heterocycles. The SMILES string of the molecule is O=C(O)[C@H]1C[C@@H]1c1nc(-c2ccccn2)c[nH]1. The van der Waals surface area contributed by atoms with E-state index < -0.39 is 5.97 Å². The van der Waals surface area contributed by atoms with E-state index in [2.05, 4.69) is 15.0 Å². The van der Waals surface area contributed by atoms with E-state index in [1.165, 1.54) is 0 Å². The van der Waals surface area contributed by atoms with Crippen molar-refractivity contribution in [2.24, 2.45) is 5.92 Å². The highest BCUT2D eigenvalue weighted by Crippen LogP contribution is 2.46. The first-order valence-corrected chi connectivity index (χ1v) is 5.45. The van der Waals surface area contributed by atoms with Gasteiger partial charge in [0, 0.05) is 18.3 Å². The number of pyridine rings is 1. The maximum atomic E-state index is 10.8. The number of rotatable bonds is 3. The normalized spacial score (nSPS) is 22.4. The molecule has 1 aliphatic rings. The van der Waals surface area contributed by atoms with Crippen LogP contribution in [0.4, 0.5) is 0 Å². The molecule has 2 aromatic rings. The van der Waals surface area contributed by atoms with Crippen molar-refractivity contribution in [2.75, 3.05) is 0 Å². The highest BCUT2D eigenvalue weighted by atomic mass is 16.4. The first-order valence-electron chi connectivity index (χ1n) is 5.45. The molecule has 2 aromatic heterocycles. The van der Waals surface area contributed by atoms with Crippen LogP contribution in [0.1, 0.15) is 18.2 Å². The molecule has 0 aromatic carbocycles. The molecule has 5 heteroatoms. The van der Waals surface area contributed by atoms with Gasteiger partial charge in [-0.1, -0.05) is 6.07 Å². The Bertz CT molecular complexity index is 550. The first kappa shape index (κ1) is 10.0. The fourth-order valence-electron chi connectivity index (χ4n) is 1.94. The Kier molecular flexibility index (Phi) is 2.18. The van der Waals surface area contributed by atoms with Crippen LogP contribution < -0.4 is 0 Å². The first-order chi connectivity index (χ1) is 8.25. The molecule has 0 amide bonds. The van der Waals surface area contributed by atoms with Crippen molar-refractivity contribution in [3.05, 3.63) is 36.4 Å². The number of hydrogen-bond donors (Lipinski definition) is 2. The van der Waals surface area contributed by atoms with Gasteiger partial charge < -0.3 is 10.1 Å². The van der Waals surface area contributed by atoms with Crippen molar-refractivity contribution < 1.29 is 9.90 Å². The Morgan fingerprint density at radius 2 is 2.29 bits per heavy atom. The number of nitrogens with zero attached hydrogens (tertiary/aromatic N) is 2. The van der Waals surface area contributed by atoms with Gasteiger partial charge in [-0.2, -0.15) is 0 Å². The summed E-state index contributed by atoms with van der Waals surface area (Å²) < 4.78 is 0. The highest BCUT2D eigenvalue weighted by molar-refractivity contribution is 5.75. The summed E-state index contributed by atoms with van der Waals surface area (Å²) in [7, 11) is 0. The number of carboxylic acid groups (broad SMARTS) is 1. The van der Waals surface area contributed by atoms with Crippen LogP contribution in [-0.2, 0) is 4.79 Å². The van der Waals surface area contributed by atoms with Gasteiger partial charge in [0.2, 0.25) is 0 Å². The van der Waals surface area contributed by atoms with Crippen LogP contribution in [0, 0.1) is 5.92 Å². The average molecular weight is 229 g/mol. The summed E-state index contributed by atoms with van der Waals surface area (Å²) >= 11 is 0. The van der Waals surface area contributed by atoms with Crippen LogP contribution in [0.3, 0.4) is 0 Å². The Balaban J connectivity index is 1.83. The monoisotopic (exact) mass is 229 g/mol. The second-order valence-electron chi connectivity index (χ2n) is 4.17. The summed E-state index contributed by atoms with van der Waals surface area (Å²) in [5.74, 6) is -0.244. The number of hydrogen-bond acceptors (Lipinski definition) is 3. The fourth-order valence-corrected chi connectivity index (χ4v) is 1.94. The molecule has 0 radical (unpaired) electrons. The van der Waals surface area contributed by atoms with Gasteiger partial charge in [0.15, 0.2) is 0 Å². The third kappa shape index (κ3) is 1.80. The molecule has 5 nitrogen and oxygen atoms in total. The van der Waals surface area contributed by atoms with Gasteiger partial charge in [-0.15, -0.1) is 0 Å². The van der Waals surface area contributed by atoms with Crippen molar-refractivity contribution in [1.82, 2.24) is 15.0 Å². The number of imidazole rings is 1. The summed E-state index contributed by atoms with van der Waals surface area (Å²) in [5, 5.41) is 8.85. The quantitative estimate of drug-likeness (QED) is 0.838. The zero-order valence-corrected chi connectivity index (χ0v) is 9.00. The van der Waals surface area contributed by atoms with Crippen LogP contribution in [0.25, 0.3) is 11.4 Å². The molecule has 0 unspecified atom stereocenters. The number of aliphatic carboxylic acids is 1. The zero-order chi connectivity index (χ0) is 11.8. The van der Waals surface area contributed by atoms with Gasteiger partial charge in [0.05, 0.1) is 11.6 Å². The van der Waals surface area contributed by atoms with Crippen LogP contribution in [-0.4, -0.2) is 26.0 Å². The molecule has 0 bridgehead atoms. The van der Waals surface area contributed by atoms with Crippen LogP contribution in [0.2, 0.25) is 0 Å². The molecule has 2 heterocycles. The third-order valence-corrected chi connectivity index (χ3v) is 2.98. The maximum Gasteiger partial charge on any atom is 0.307 e. The van der Waals surface area contributed by atoms with E-state index >= 15 is 0 Å². The van der Waals surface area contributed by atoms with Crippen LogP contribution in [0.5, 0.6) is 0 Å². The second-order valence-corrected chi connectivity index (χ2v) is 4.17. The lowest BCUT2D eigenvalue weighted by atomic mass is 10.3. The standard InChI is InChI=1S/C12H11N3O2/c16-12(17)8-5-7(8)11-14-6-10(15-11)9-3-1-2-4-13-9/h1-4,6-8H,5H2,(H,14,15)(H,16,17)/t7-,8-/m0/s1. The Morgan fingerprint density at radius 3 is 2.94 bits per heavy atom. The predicted molar refractivity (Wildman–Crippen MR) is 60.3 cm³/mol. The smallest absolute Gasteiger partial charge is 0.307 e. The molecule has 0 aliphatic heterocycles. The number of carbonyl (C=O) groups is 1. The van der Waals surface area contributed by atoms with Crippen molar-refractivity contribution >= 4 is 5.97 Å². The van der Waals surface area contributed by atoms with Crippen molar-refractivity contribution in [3.8, 4) is 11.4 Å². The van der Waals surface area contributed by atoms with E-state index in [9.17, 15) is 4.79 Å². The Labute approximate surface area is 97.5 Å². The van der Waals surface area contributed by atoms with Gasteiger partial charge in [-0.05, 0) is 18.6 Å².